The number of hydrogen-bond donors (Lipinski definition) is 3. The van der Waals surface area contributed by atoms with E-state index in [1.165, 1.54) is 0 Å². The van der Waals surface area contributed by atoms with Crippen LogP contribution in [0.1, 0.15) is 36.1 Å². The minimum Gasteiger partial charge on any atom is -0.398 e. The summed E-state index contributed by atoms with van der Waals surface area (Å²) in [5.74, 6) is 6.59. The van der Waals surface area contributed by atoms with Crippen molar-refractivity contribution in [3.05, 3.63) is 102 Å². The van der Waals surface area contributed by atoms with E-state index in [2.05, 4.69) is 23.7 Å². The Hall–Kier alpha value is -3.56. The van der Waals surface area contributed by atoms with Gasteiger partial charge in [0.05, 0.1) is 38.2 Å². The molecule has 0 unspecified atom stereocenters. The van der Waals surface area contributed by atoms with Crippen LogP contribution in [0.15, 0.2) is 79.4 Å². The number of hydrogen-bond acceptors (Lipinski definition) is 5. The number of aliphatic hydroxyl groups excluding tert-OH is 1. The third kappa shape index (κ3) is 8.90. The highest BCUT2D eigenvalue weighted by Gasteiger charge is 2.15. The van der Waals surface area contributed by atoms with Crippen LogP contribution in [0.3, 0.4) is 0 Å². The molecule has 0 aliphatic carbocycles. The third-order valence-corrected chi connectivity index (χ3v) is 5.50. The fourth-order valence-electron chi connectivity index (χ4n) is 3.50. The molecule has 36 heavy (non-hydrogen) atoms. The Kier molecular flexibility index (Phi) is 10.1. The first-order valence-electron chi connectivity index (χ1n) is 12.1. The molecule has 0 saturated heterocycles. The average Bonchev–Trinajstić information content (AvgIpc) is 2.88. The molecular formula is C31H36N2O3. The standard InChI is InChI=1S/C31H36N2O3/c1-4-26-18-30(33-19-28(34)22-35-20-24-11-7-5-8-12-24)27(17-29(26)32)15-16-31(2,3)23-36-21-25-13-9-6-10-14-25/h4-14,17-18,28,33-34H,1,19-23,32H2,2-3H3/t28-/m1/s1. The van der Waals surface area contributed by atoms with E-state index < -0.39 is 6.10 Å². The van der Waals surface area contributed by atoms with Crippen molar-refractivity contribution >= 4 is 17.5 Å². The van der Waals surface area contributed by atoms with E-state index >= 15 is 0 Å². The smallest absolute Gasteiger partial charge is 0.0945 e. The zero-order valence-electron chi connectivity index (χ0n) is 21.2. The van der Waals surface area contributed by atoms with Crippen LogP contribution in [-0.4, -0.2) is 31.0 Å². The maximum Gasteiger partial charge on any atom is 0.0945 e. The highest BCUT2D eigenvalue weighted by atomic mass is 16.5. The highest BCUT2D eigenvalue weighted by Crippen LogP contribution is 2.25. The fraction of sp³-hybridized carbons (Fsp3) is 0.290. The zero-order valence-corrected chi connectivity index (χ0v) is 21.2. The molecule has 0 aliphatic rings. The summed E-state index contributed by atoms with van der Waals surface area (Å²) in [5.41, 5.74) is 11.0. The molecule has 4 N–H and O–H groups in total. The largest absolute Gasteiger partial charge is 0.398 e. The Morgan fingerprint density at radius 1 is 1.00 bits per heavy atom. The van der Waals surface area contributed by atoms with E-state index in [0.29, 0.717) is 32.1 Å². The molecule has 5 nitrogen and oxygen atoms in total. The van der Waals surface area contributed by atoms with Crippen LogP contribution in [0.25, 0.3) is 6.08 Å². The summed E-state index contributed by atoms with van der Waals surface area (Å²) < 4.78 is 11.6. The molecule has 3 rings (SSSR count). The van der Waals surface area contributed by atoms with Gasteiger partial charge in [-0.3, -0.25) is 0 Å². The lowest BCUT2D eigenvalue weighted by Gasteiger charge is -2.18. The zero-order chi connectivity index (χ0) is 25.8. The molecule has 0 aliphatic heterocycles. The summed E-state index contributed by atoms with van der Waals surface area (Å²) in [5, 5.41) is 13.7. The second-order valence-electron chi connectivity index (χ2n) is 9.38. The second-order valence-corrected chi connectivity index (χ2v) is 9.38. The molecule has 0 saturated carbocycles. The van der Waals surface area contributed by atoms with Crippen LogP contribution in [0.4, 0.5) is 11.4 Å². The average molecular weight is 485 g/mol. The molecule has 0 fully saturated rings. The predicted octanol–water partition coefficient (Wildman–Crippen LogP) is 5.50. The monoisotopic (exact) mass is 484 g/mol. The number of nitrogen functional groups attached to an aromatic ring is 1. The second kappa shape index (κ2) is 13.5. The van der Waals surface area contributed by atoms with Gasteiger partial charge >= 0.3 is 0 Å². The Bertz CT molecular complexity index is 1160. The number of ether oxygens (including phenoxy) is 2. The van der Waals surface area contributed by atoms with Crippen LogP contribution in [-0.2, 0) is 22.7 Å². The lowest BCUT2D eigenvalue weighted by Crippen LogP contribution is -2.25. The quantitative estimate of drug-likeness (QED) is 0.234. The molecule has 0 aromatic heterocycles. The molecule has 3 aromatic rings. The molecule has 0 amide bonds. The van der Waals surface area contributed by atoms with Crippen molar-refractivity contribution in [1.29, 1.82) is 0 Å². The summed E-state index contributed by atoms with van der Waals surface area (Å²) in [6, 6.07) is 23.7. The van der Waals surface area contributed by atoms with Crippen LogP contribution < -0.4 is 11.1 Å². The third-order valence-electron chi connectivity index (χ3n) is 5.50. The number of anilines is 2. The van der Waals surface area contributed by atoms with E-state index in [9.17, 15) is 5.11 Å². The summed E-state index contributed by atoms with van der Waals surface area (Å²) in [4.78, 5) is 0. The maximum absolute atomic E-state index is 10.4. The van der Waals surface area contributed by atoms with Gasteiger partial charge in [0.1, 0.15) is 0 Å². The van der Waals surface area contributed by atoms with Gasteiger partial charge in [-0.2, -0.15) is 0 Å². The molecule has 1 atom stereocenters. The maximum atomic E-state index is 10.4. The van der Waals surface area contributed by atoms with Crippen molar-refractivity contribution in [3.8, 4) is 11.8 Å². The minimum atomic E-state index is -0.679. The SMILES string of the molecule is C=Cc1cc(NC[C@@H](O)COCc2ccccc2)c(C#CC(C)(C)COCc2ccccc2)cc1N. The van der Waals surface area contributed by atoms with Gasteiger partial charge in [-0.1, -0.05) is 85.2 Å². The van der Waals surface area contributed by atoms with E-state index in [-0.39, 0.29) is 12.0 Å². The van der Waals surface area contributed by atoms with Crippen molar-refractivity contribution in [2.24, 2.45) is 5.41 Å². The Labute approximate surface area is 215 Å². The molecule has 188 valence electrons. The van der Waals surface area contributed by atoms with Gasteiger partial charge in [-0.15, -0.1) is 0 Å². The van der Waals surface area contributed by atoms with Gasteiger partial charge in [0.2, 0.25) is 0 Å². The van der Waals surface area contributed by atoms with Crippen LogP contribution in [0, 0.1) is 17.3 Å². The highest BCUT2D eigenvalue weighted by molar-refractivity contribution is 5.74. The van der Waals surface area contributed by atoms with Gasteiger partial charge in [0.15, 0.2) is 0 Å². The molecule has 0 radical (unpaired) electrons. The molecule has 3 aromatic carbocycles. The van der Waals surface area contributed by atoms with Crippen LogP contribution in [0.2, 0.25) is 0 Å². The van der Waals surface area contributed by atoms with Crippen LogP contribution in [0.5, 0.6) is 0 Å². The van der Waals surface area contributed by atoms with Crippen molar-refractivity contribution < 1.29 is 14.6 Å². The summed E-state index contributed by atoms with van der Waals surface area (Å²) in [6.07, 6.45) is 1.03. The molecule has 0 bridgehead atoms. The molecular weight excluding hydrogens is 448 g/mol. The fourth-order valence-corrected chi connectivity index (χ4v) is 3.50. The summed E-state index contributed by atoms with van der Waals surface area (Å²) in [6.45, 7) is 9.97. The Morgan fingerprint density at radius 3 is 2.22 bits per heavy atom. The topological polar surface area (TPSA) is 76.7 Å². The van der Waals surface area contributed by atoms with Crippen molar-refractivity contribution in [1.82, 2.24) is 0 Å². The predicted molar refractivity (Wildman–Crippen MR) is 148 cm³/mol. The van der Waals surface area contributed by atoms with Crippen molar-refractivity contribution in [2.75, 3.05) is 30.8 Å². The lowest BCUT2D eigenvalue weighted by molar-refractivity contribution is 0.0348. The number of nitrogens with one attached hydrogen (secondary N) is 1. The number of benzene rings is 3. The van der Waals surface area contributed by atoms with Gasteiger partial charge in [-0.05, 0) is 42.7 Å². The number of rotatable bonds is 12. The summed E-state index contributed by atoms with van der Waals surface area (Å²) >= 11 is 0. The number of nitrogens with two attached hydrogens (primary N) is 1. The van der Waals surface area contributed by atoms with Gasteiger partial charge in [-0.25, -0.2) is 0 Å². The van der Waals surface area contributed by atoms with Gasteiger partial charge in [0.25, 0.3) is 0 Å². The molecule has 5 heteroatoms. The summed E-state index contributed by atoms with van der Waals surface area (Å²) in [7, 11) is 0. The first kappa shape index (κ1) is 27.0. The van der Waals surface area contributed by atoms with E-state index in [1.807, 2.05) is 86.6 Å². The van der Waals surface area contributed by atoms with Crippen molar-refractivity contribution in [3.63, 3.8) is 0 Å². The van der Waals surface area contributed by atoms with Crippen LogP contribution >= 0.6 is 0 Å². The van der Waals surface area contributed by atoms with Gasteiger partial charge < -0.3 is 25.6 Å². The van der Waals surface area contributed by atoms with Crippen molar-refractivity contribution in [2.45, 2.75) is 33.2 Å². The number of aliphatic hydroxyl groups is 1. The first-order valence-corrected chi connectivity index (χ1v) is 12.1. The lowest BCUT2D eigenvalue weighted by atomic mass is 9.94. The first-order chi connectivity index (χ1) is 17.4. The normalized spacial score (nSPS) is 11.9. The Balaban J connectivity index is 1.60. The van der Waals surface area contributed by atoms with E-state index in [4.69, 9.17) is 15.2 Å². The molecule has 0 heterocycles. The van der Waals surface area contributed by atoms with Gasteiger partial charge in [0, 0.05) is 23.2 Å². The van der Waals surface area contributed by atoms with E-state index in [0.717, 1.165) is 27.9 Å². The van der Waals surface area contributed by atoms with E-state index in [1.54, 1.807) is 6.08 Å². The Morgan fingerprint density at radius 2 is 1.61 bits per heavy atom. The minimum absolute atomic E-state index is 0.220. The molecule has 0 spiro atoms.